The van der Waals surface area contributed by atoms with Gasteiger partial charge < -0.3 is 5.11 Å². The van der Waals surface area contributed by atoms with Crippen molar-refractivity contribution in [1.82, 2.24) is 9.97 Å². The predicted molar refractivity (Wildman–Crippen MR) is 94.0 cm³/mol. The maximum Gasteiger partial charge on any atom is 0.163 e. The van der Waals surface area contributed by atoms with Gasteiger partial charge in [-0.05, 0) is 66.8 Å². The summed E-state index contributed by atoms with van der Waals surface area (Å²) in [6, 6.07) is 4.00. The smallest absolute Gasteiger partial charge is 0.163 e. The van der Waals surface area contributed by atoms with E-state index < -0.39 is 0 Å². The van der Waals surface area contributed by atoms with Crippen molar-refractivity contribution in [3.8, 4) is 17.1 Å². The molecule has 1 heterocycles. The van der Waals surface area contributed by atoms with E-state index in [1.54, 1.807) is 0 Å². The molecule has 0 amide bonds. The fraction of sp³-hybridized carbons (Fsp3) is 0.500. The van der Waals surface area contributed by atoms with Crippen LogP contribution in [0.15, 0.2) is 12.1 Å². The summed E-state index contributed by atoms with van der Waals surface area (Å²) >= 11 is 0. The first-order chi connectivity index (χ1) is 10.7. The molecule has 3 heteroatoms. The summed E-state index contributed by atoms with van der Waals surface area (Å²) in [6.45, 7) is 12.9. The number of hydrogen-bond donors (Lipinski definition) is 1. The van der Waals surface area contributed by atoms with Crippen molar-refractivity contribution in [1.29, 1.82) is 0 Å². The molecule has 0 spiro atoms. The Morgan fingerprint density at radius 3 is 2.26 bits per heavy atom. The number of hydrogen-bond acceptors (Lipinski definition) is 3. The average molecular weight is 310 g/mol. The standard InChI is InChI=1S/C20H26N2O/c1-11(2)18-12(3)21-19(22-13(18)4)15-9-14-7-8-20(5,6)16(14)10-17(15)23/h9-11,23H,7-8H2,1-6H3. The molecular weight excluding hydrogens is 284 g/mol. The van der Waals surface area contributed by atoms with E-state index in [9.17, 15) is 5.11 Å². The zero-order chi connectivity index (χ0) is 16.9. The molecule has 1 aromatic heterocycles. The minimum atomic E-state index is 0.138. The van der Waals surface area contributed by atoms with E-state index in [-0.39, 0.29) is 11.2 Å². The highest BCUT2D eigenvalue weighted by molar-refractivity contribution is 5.68. The van der Waals surface area contributed by atoms with Gasteiger partial charge in [0.05, 0.1) is 5.56 Å². The highest BCUT2D eigenvalue weighted by Crippen LogP contribution is 2.43. The van der Waals surface area contributed by atoms with Gasteiger partial charge in [0, 0.05) is 11.4 Å². The average Bonchev–Trinajstić information content (AvgIpc) is 2.72. The van der Waals surface area contributed by atoms with Crippen LogP contribution in [-0.4, -0.2) is 15.1 Å². The molecule has 3 rings (SSSR count). The van der Waals surface area contributed by atoms with Crippen LogP contribution >= 0.6 is 0 Å². The maximum atomic E-state index is 10.5. The third-order valence-electron chi connectivity index (χ3n) is 5.12. The van der Waals surface area contributed by atoms with Crippen molar-refractivity contribution in [3.63, 3.8) is 0 Å². The number of aryl methyl sites for hydroxylation is 3. The van der Waals surface area contributed by atoms with Crippen LogP contribution in [0.25, 0.3) is 11.4 Å². The zero-order valence-corrected chi connectivity index (χ0v) is 15.0. The van der Waals surface area contributed by atoms with Crippen LogP contribution in [0.5, 0.6) is 5.75 Å². The zero-order valence-electron chi connectivity index (χ0n) is 15.0. The fourth-order valence-electron chi connectivity index (χ4n) is 3.91. The summed E-state index contributed by atoms with van der Waals surface area (Å²) in [5.41, 5.74) is 6.67. The van der Waals surface area contributed by atoms with Gasteiger partial charge in [0.2, 0.25) is 0 Å². The minimum absolute atomic E-state index is 0.138. The summed E-state index contributed by atoms with van der Waals surface area (Å²) in [5, 5.41) is 10.5. The molecule has 122 valence electrons. The molecule has 0 fully saturated rings. The van der Waals surface area contributed by atoms with Gasteiger partial charge in [0.25, 0.3) is 0 Å². The Labute approximate surface area is 138 Å². The summed E-state index contributed by atoms with van der Waals surface area (Å²) in [4.78, 5) is 9.35. The number of rotatable bonds is 2. The predicted octanol–water partition coefficient (Wildman–Crippen LogP) is 4.81. The van der Waals surface area contributed by atoms with Gasteiger partial charge in [0.15, 0.2) is 5.82 Å². The Hall–Kier alpha value is -1.90. The Bertz CT molecular complexity index is 752. The third kappa shape index (κ3) is 2.62. The van der Waals surface area contributed by atoms with Crippen LogP contribution in [0.4, 0.5) is 0 Å². The molecule has 1 N–H and O–H groups in total. The molecular formula is C20H26N2O. The lowest BCUT2D eigenvalue weighted by molar-refractivity contribution is 0.470. The molecule has 0 aliphatic heterocycles. The van der Waals surface area contributed by atoms with Crippen molar-refractivity contribution >= 4 is 0 Å². The van der Waals surface area contributed by atoms with Gasteiger partial charge in [-0.15, -0.1) is 0 Å². The SMILES string of the molecule is Cc1nc(-c2cc3c(cc2O)C(C)(C)CC3)nc(C)c1C(C)C. The number of aromatic hydroxyl groups is 1. The second-order valence-corrected chi connectivity index (χ2v) is 7.70. The Morgan fingerprint density at radius 1 is 1.09 bits per heavy atom. The number of benzene rings is 1. The summed E-state index contributed by atoms with van der Waals surface area (Å²) in [6.07, 6.45) is 2.17. The minimum Gasteiger partial charge on any atom is -0.507 e. The summed E-state index contributed by atoms with van der Waals surface area (Å²) in [7, 11) is 0. The number of phenols is 1. The van der Waals surface area contributed by atoms with Gasteiger partial charge in [0.1, 0.15) is 5.75 Å². The molecule has 0 bridgehead atoms. The van der Waals surface area contributed by atoms with E-state index in [0.717, 1.165) is 29.8 Å². The van der Waals surface area contributed by atoms with Crippen LogP contribution in [-0.2, 0) is 11.8 Å². The quantitative estimate of drug-likeness (QED) is 0.865. The molecule has 3 nitrogen and oxygen atoms in total. The first-order valence-electron chi connectivity index (χ1n) is 8.42. The molecule has 1 aromatic carbocycles. The van der Waals surface area contributed by atoms with Crippen LogP contribution < -0.4 is 0 Å². The summed E-state index contributed by atoms with van der Waals surface area (Å²) < 4.78 is 0. The Balaban J connectivity index is 2.14. The van der Waals surface area contributed by atoms with Gasteiger partial charge in [-0.1, -0.05) is 27.7 Å². The van der Waals surface area contributed by atoms with Crippen molar-refractivity contribution in [2.45, 2.75) is 65.7 Å². The van der Waals surface area contributed by atoms with Crippen molar-refractivity contribution < 1.29 is 5.11 Å². The Kier molecular flexibility index (Phi) is 3.70. The maximum absolute atomic E-state index is 10.5. The second kappa shape index (κ2) is 5.33. The van der Waals surface area contributed by atoms with E-state index in [0.29, 0.717) is 11.7 Å². The van der Waals surface area contributed by atoms with Gasteiger partial charge >= 0.3 is 0 Å². The van der Waals surface area contributed by atoms with Gasteiger partial charge in [-0.3, -0.25) is 0 Å². The molecule has 23 heavy (non-hydrogen) atoms. The van der Waals surface area contributed by atoms with Gasteiger partial charge in [-0.2, -0.15) is 0 Å². The first-order valence-corrected chi connectivity index (χ1v) is 8.42. The highest BCUT2D eigenvalue weighted by Gasteiger charge is 2.31. The lowest BCUT2D eigenvalue weighted by Gasteiger charge is -2.20. The van der Waals surface area contributed by atoms with Crippen molar-refractivity contribution in [3.05, 3.63) is 40.2 Å². The van der Waals surface area contributed by atoms with Gasteiger partial charge in [-0.25, -0.2) is 9.97 Å². The van der Waals surface area contributed by atoms with E-state index in [2.05, 4.69) is 43.7 Å². The molecule has 0 unspecified atom stereocenters. The van der Waals surface area contributed by atoms with Crippen molar-refractivity contribution in [2.24, 2.45) is 0 Å². The normalized spacial score (nSPS) is 16.0. The molecule has 1 aliphatic carbocycles. The lowest BCUT2D eigenvalue weighted by atomic mass is 9.86. The van der Waals surface area contributed by atoms with Crippen LogP contribution in [0.3, 0.4) is 0 Å². The largest absolute Gasteiger partial charge is 0.507 e. The number of fused-ring (bicyclic) bond motifs is 1. The van der Waals surface area contributed by atoms with Crippen LogP contribution in [0, 0.1) is 13.8 Å². The molecule has 0 saturated heterocycles. The van der Waals surface area contributed by atoms with E-state index >= 15 is 0 Å². The lowest BCUT2D eigenvalue weighted by Crippen LogP contribution is -2.11. The monoisotopic (exact) mass is 310 g/mol. The molecule has 0 atom stereocenters. The highest BCUT2D eigenvalue weighted by atomic mass is 16.3. The summed E-state index contributed by atoms with van der Waals surface area (Å²) in [5.74, 6) is 1.32. The van der Waals surface area contributed by atoms with E-state index in [1.807, 2.05) is 19.9 Å². The molecule has 2 aromatic rings. The van der Waals surface area contributed by atoms with Crippen LogP contribution in [0.1, 0.15) is 68.1 Å². The topological polar surface area (TPSA) is 46.0 Å². The second-order valence-electron chi connectivity index (χ2n) is 7.70. The third-order valence-corrected chi connectivity index (χ3v) is 5.12. The molecule has 1 aliphatic rings. The number of nitrogens with zero attached hydrogens (tertiary/aromatic N) is 2. The van der Waals surface area contributed by atoms with Crippen molar-refractivity contribution in [2.75, 3.05) is 0 Å². The molecule has 0 saturated carbocycles. The first kappa shape index (κ1) is 16.0. The fourth-order valence-corrected chi connectivity index (χ4v) is 3.91. The van der Waals surface area contributed by atoms with E-state index in [1.165, 1.54) is 16.7 Å². The Morgan fingerprint density at radius 2 is 1.70 bits per heavy atom. The molecule has 0 radical (unpaired) electrons. The number of aromatic nitrogens is 2. The van der Waals surface area contributed by atoms with E-state index in [4.69, 9.17) is 0 Å². The number of phenolic OH excluding ortho intramolecular Hbond substituents is 1. The van der Waals surface area contributed by atoms with Crippen LogP contribution in [0.2, 0.25) is 0 Å².